The number of H-pyrrole nitrogens is 1. The van der Waals surface area contributed by atoms with E-state index in [1.165, 1.54) is 0 Å². The fourth-order valence-electron chi connectivity index (χ4n) is 2.64. The standard InChI is InChI=1S/C21H18N4O/c1-15(16-8-4-2-5-9-16)24-21(26)18(13-22)12-19-14-23-25-20(19)17-10-6-3-7-11-17/h2-12,14-15H,1H3,(H,23,25)(H,24,26)/b18-12+/t15-/m0/s1. The van der Waals surface area contributed by atoms with Crippen LogP contribution in [0.1, 0.15) is 24.1 Å². The van der Waals surface area contributed by atoms with E-state index in [0.717, 1.165) is 16.8 Å². The molecule has 5 heteroatoms. The van der Waals surface area contributed by atoms with Gasteiger partial charge in [0.05, 0.1) is 17.9 Å². The summed E-state index contributed by atoms with van der Waals surface area (Å²) in [5.74, 6) is -0.413. The molecule has 1 heterocycles. The van der Waals surface area contributed by atoms with Gasteiger partial charge in [0.2, 0.25) is 0 Å². The Labute approximate surface area is 152 Å². The molecule has 3 rings (SSSR count). The number of nitriles is 1. The number of nitrogens with zero attached hydrogens (tertiary/aromatic N) is 2. The number of hydrogen-bond donors (Lipinski definition) is 2. The van der Waals surface area contributed by atoms with Crippen LogP contribution in [0.25, 0.3) is 17.3 Å². The molecular weight excluding hydrogens is 324 g/mol. The van der Waals surface area contributed by atoms with Crippen molar-refractivity contribution in [3.05, 3.63) is 83.6 Å². The van der Waals surface area contributed by atoms with Crippen LogP contribution >= 0.6 is 0 Å². The largest absolute Gasteiger partial charge is 0.345 e. The Morgan fingerprint density at radius 2 is 1.81 bits per heavy atom. The molecule has 0 fully saturated rings. The molecule has 0 aliphatic carbocycles. The van der Waals surface area contributed by atoms with Gasteiger partial charge in [0.25, 0.3) is 5.91 Å². The molecule has 0 spiro atoms. The lowest BCUT2D eigenvalue weighted by Crippen LogP contribution is -2.27. The Morgan fingerprint density at radius 3 is 2.46 bits per heavy atom. The van der Waals surface area contributed by atoms with Crippen molar-refractivity contribution >= 4 is 12.0 Å². The van der Waals surface area contributed by atoms with Crippen molar-refractivity contribution in [1.29, 1.82) is 5.26 Å². The number of carbonyl (C=O) groups is 1. The number of amides is 1. The van der Waals surface area contributed by atoms with E-state index < -0.39 is 5.91 Å². The van der Waals surface area contributed by atoms with Crippen molar-refractivity contribution in [2.24, 2.45) is 0 Å². The maximum atomic E-state index is 12.5. The van der Waals surface area contributed by atoms with E-state index in [4.69, 9.17) is 0 Å². The van der Waals surface area contributed by atoms with E-state index in [2.05, 4.69) is 15.5 Å². The average molecular weight is 342 g/mol. The first-order chi connectivity index (χ1) is 12.7. The minimum absolute atomic E-state index is 0.0337. The number of hydrogen-bond acceptors (Lipinski definition) is 3. The second-order valence-corrected chi connectivity index (χ2v) is 5.84. The highest BCUT2D eigenvalue weighted by molar-refractivity contribution is 6.02. The monoisotopic (exact) mass is 342 g/mol. The number of carbonyl (C=O) groups excluding carboxylic acids is 1. The lowest BCUT2D eigenvalue weighted by molar-refractivity contribution is -0.117. The number of aromatic amines is 1. The molecule has 5 nitrogen and oxygen atoms in total. The molecule has 2 aromatic carbocycles. The van der Waals surface area contributed by atoms with Crippen LogP contribution in [0.15, 0.2) is 72.4 Å². The first kappa shape index (κ1) is 17.2. The lowest BCUT2D eigenvalue weighted by Gasteiger charge is -2.13. The summed E-state index contributed by atoms with van der Waals surface area (Å²) in [7, 11) is 0. The van der Waals surface area contributed by atoms with Crippen molar-refractivity contribution in [2.45, 2.75) is 13.0 Å². The SMILES string of the molecule is C[C@H](NC(=O)/C(C#N)=C/c1cn[nH]c1-c1ccccc1)c1ccccc1. The third kappa shape index (κ3) is 3.87. The molecule has 0 radical (unpaired) electrons. The molecule has 0 saturated carbocycles. The predicted octanol–water partition coefficient (Wildman–Crippen LogP) is 3.86. The summed E-state index contributed by atoms with van der Waals surface area (Å²) < 4.78 is 0. The maximum absolute atomic E-state index is 12.5. The lowest BCUT2D eigenvalue weighted by atomic mass is 10.1. The molecule has 0 saturated heterocycles. The normalized spacial score (nSPS) is 12.2. The molecule has 0 aliphatic rings. The second-order valence-electron chi connectivity index (χ2n) is 5.84. The third-order valence-corrected chi connectivity index (χ3v) is 4.04. The topological polar surface area (TPSA) is 81.6 Å². The smallest absolute Gasteiger partial charge is 0.262 e. The highest BCUT2D eigenvalue weighted by Gasteiger charge is 2.15. The Kier molecular flexibility index (Phi) is 5.25. The summed E-state index contributed by atoms with van der Waals surface area (Å²) in [4.78, 5) is 12.5. The molecule has 2 N–H and O–H groups in total. The minimum Gasteiger partial charge on any atom is -0.345 e. The zero-order chi connectivity index (χ0) is 18.4. The molecular formula is C21H18N4O. The van der Waals surface area contributed by atoms with Crippen LogP contribution in [-0.2, 0) is 4.79 Å². The molecule has 0 unspecified atom stereocenters. The van der Waals surface area contributed by atoms with Gasteiger partial charge in [-0.05, 0) is 18.6 Å². The zero-order valence-corrected chi connectivity index (χ0v) is 14.3. The molecule has 1 atom stereocenters. The summed E-state index contributed by atoms with van der Waals surface area (Å²) in [6, 6.07) is 21.0. The van der Waals surface area contributed by atoms with E-state index in [1.807, 2.05) is 73.7 Å². The fourth-order valence-corrected chi connectivity index (χ4v) is 2.64. The van der Waals surface area contributed by atoms with Crippen LogP contribution in [-0.4, -0.2) is 16.1 Å². The van der Waals surface area contributed by atoms with Crippen LogP contribution in [0, 0.1) is 11.3 Å². The second kappa shape index (κ2) is 7.95. The molecule has 128 valence electrons. The minimum atomic E-state index is -0.413. The molecule has 0 aliphatic heterocycles. The summed E-state index contributed by atoms with van der Waals surface area (Å²) >= 11 is 0. The van der Waals surface area contributed by atoms with Gasteiger partial charge in [0.15, 0.2) is 0 Å². The summed E-state index contributed by atoms with van der Waals surface area (Å²) in [6.45, 7) is 1.88. The maximum Gasteiger partial charge on any atom is 0.262 e. The van der Waals surface area contributed by atoms with Crippen LogP contribution in [0.5, 0.6) is 0 Å². The van der Waals surface area contributed by atoms with Crippen molar-refractivity contribution < 1.29 is 4.79 Å². The van der Waals surface area contributed by atoms with Crippen LogP contribution in [0.3, 0.4) is 0 Å². The summed E-state index contributed by atoms with van der Waals surface area (Å²) in [5, 5.41) is 19.3. The van der Waals surface area contributed by atoms with E-state index >= 15 is 0 Å². The van der Waals surface area contributed by atoms with Crippen molar-refractivity contribution in [2.75, 3.05) is 0 Å². The molecule has 1 aromatic heterocycles. The van der Waals surface area contributed by atoms with Gasteiger partial charge in [-0.3, -0.25) is 9.89 Å². The van der Waals surface area contributed by atoms with E-state index in [-0.39, 0.29) is 11.6 Å². The average Bonchev–Trinajstić information content (AvgIpc) is 3.15. The Balaban J connectivity index is 1.82. The fraction of sp³-hybridized carbons (Fsp3) is 0.0952. The van der Waals surface area contributed by atoms with Crippen LogP contribution in [0.4, 0.5) is 0 Å². The van der Waals surface area contributed by atoms with Gasteiger partial charge in [-0.1, -0.05) is 60.7 Å². The van der Waals surface area contributed by atoms with Gasteiger partial charge in [-0.25, -0.2) is 0 Å². The van der Waals surface area contributed by atoms with Gasteiger partial charge in [-0.2, -0.15) is 10.4 Å². The Hall–Kier alpha value is -3.65. The Morgan fingerprint density at radius 1 is 1.15 bits per heavy atom. The first-order valence-electron chi connectivity index (χ1n) is 8.25. The van der Waals surface area contributed by atoms with Crippen molar-refractivity contribution in [3.8, 4) is 17.3 Å². The van der Waals surface area contributed by atoms with E-state index in [1.54, 1.807) is 12.3 Å². The van der Waals surface area contributed by atoms with Gasteiger partial charge < -0.3 is 5.32 Å². The third-order valence-electron chi connectivity index (χ3n) is 4.04. The van der Waals surface area contributed by atoms with Crippen LogP contribution < -0.4 is 5.32 Å². The number of nitrogens with one attached hydrogen (secondary N) is 2. The highest BCUT2D eigenvalue weighted by atomic mass is 16.1. The van der Waals surface area contributed by atoms with E-state index in [9.17, 15) is 10.1 Å². The van der Waals surface area contributed by atoms with Crippen molar-refractivity contribution in [3.63, 3.8) is 0 Å². The summed E-state index contributed by atoms with van der Waals surface area (Å²) in [6.07, 6.45) is 3.16. The predicted molar refractivity (Wildman–Crippen MR) is 101 cm³/mol. The number of benzene rings is 2. The number of aromatic nitrogens is 2. The van der Waals surface area contributed by atoms with Gasteiger partial charge in [0, 0.05) is 11.1 Å². The Bertz CT molecular complexity index is 952. The zero-order valence-electron chi connectivity index (χ0n) is 14.3. The van der Waals surface area contributed by atoms with Gasteiger partial charge in [-0.15, -0.1) is 0 Å². The first-order valence-corrected chi connectivity index (χ1v) is 8.25. The summed E-state index contributed by atoms with van der Waals surface area (Å²) in [5.41, 5.74) is 3.40. The van der Waals surface area contributed by atoms with E-state index in [0.29, 0.717) is 5.56 Å². The van der Waals surface area contributed by atoms with Gasteiger partial charge >= 0.3 is 0 Å². The van der Waals surface area contributed by atoms with Gasteiger partial charge in [0.1, 0.15) is 11.6 Å². The number of rotatable bonds is 5. The molecule has 1 amide bonds. The molecule has 26 heavy (non-hydrogen) atoms. The van der Waals surface area contributed by atoms with Crippen molar-refractivity contribution in [1.82, 2.24) is 15.5 Å². The quantitative estimate of drug-likeness (QED) is 0.545. The van der Waals surface area contributed by atoms with Crippen LogP contribution in [0.2, 0.25) is 0 Å². The highest BCUT2D eigenvalue weighted by Crippen LogP contribution is 2.23. The molecule has 0 bridgehead atoms. The molecule has 3 aromatic rings.